The van der Waals surface area contributed by atoms with Crippen LogP contribution < -0.4 is 4.74 Å². The van der Waals surface area contributed by atoms with Crippen molar-refractivity contribution in [2.24, 2.45) is 9.94 Å². The molecule has 37 heavy (non-hydrogen) atoms. The van der Waals surface area contributed by atoms with E-state index >= 15 is 0 Å². The second-order valence-electron chi connectivity index (χ2n) is 12.2. The Morgan fingerprint density at radius 2 is 1.70 bits per heavy atom. The van der Waals surface area contributed by atoms with Gasteiger partial charge in [-0.2, -0.15) is 4.02 Å². The highest BCUT2D eigenvalue weighted by Gasteiger charge is 2.40. The van der Waals surface area contributed by atoms with Crippen molar-refractivity contribution in [2.75, 3.05) is 19.7 Å². The lowest BCUT2D eigenvalue weighted by Crippen LogP contribution is -2.32. The number of carbonyl (C=O) groups is 1. The summed E-state index contributed by atoms with van der Waals surface area (Å²) in [6, 6.07) is 12.0. The lowest BCUT2D eigenvalue weighted by atomic mass is 9.78. The number of aromatic hydroxyl groups is 1. The van der Waals surface area contributed by atoms with Crippen LogP contribution in [0, 0.1) is 5.92 Å². The van der Waals surface area contributed by atoms with Gasteiger partial charge in [-0.05, 0) is 59.9 Å². The number of Topliss-reactive ketones (excluding diaryl/α,β-unsaturated/α-hetero) is 1. The Bertz CT molecular complexity index is 1110. The summed E-state index contributed by atoms with van der Waals surface area (Å²) in [6.07, 6.45) is 2.10. The number of carbonyl (C=O) groups excluding carboxylic acids is 1. The Hall–Kier alpha value is -2.34. The molecule has 0 bridgehead atoms. The molecule has 1 aliphatic rings. The molecule has 1 N–H and O–H groups in total. The molecular formula is C31H43BrN2O3. The zero-order chi connectivity index (χ0) is 27.5. The summed E-state index contributed by atoms with van der Waals surface area (Å²) in [5, 5.41) is 11.1. The molecule has 1 aliphatic heterocycles. The average Bonchev–Trinajstić information content (AvgIpc) is 3.14. The summed E-state index contributed by atoms with van der Waals surface area (Å²) in [4.78, 5) is 15.9. The van der Waals surface area contributed by atoms with E-state index in [1.807, 2.05) is 31.2 Å². The fourth-order valence-corrected chi connectivity index (χ4v) is 5.80. The van der Waals surface area contributed by atoms with Gasteiger partial charge >= 0.3 is 0 Å². The molecule has 0 aliphatic carbocycles. The van der Waals surface area contributed by atoms with Crippen LogP contribution in [0.5, 0.6) is 11.5 Å². The van der Waals surface area contributed by atoms with E-state index in [9.17, 15) is 9.90 Å². The first kappa shape index (κ1) is 29.2. The number of amidine groups is 1. The van der Waals surface area contributed by atoms with E-state index in [1.165, 1.54) is 0 Å². The van der Waals surface area contributed by atoms with Crippen LogP contribution in [0.2, 0.25) is 0 Å². The van der Waals surface area contributed by atoms with Gasteiger partial charge < -0.3 is 14.7 Å². The first-order valence-electron chi connectivity index (χ1n) is 13.4. The SMILES string of the molecule is CCC[C@H]1CN(CC(=O)c2cc(C(C)(C)C)c(O)c(C(C)(C)C)c2)/C(=N\Br)[C@@H]1c1cccc(OCC)c1. The van der Waals surface area contributed by atoms with E-state index in [4.69, 9.17) is 4.74 Å². The predicted molar refractivity (Wildman–Crippen MR) is 157 cm³/mol. The van der Waals surface area contributed by atoms with Gasteiger partial charge in [-0.1, -0.05) is 67.0 Å². The summed E-state index contributed by atoms with van der Waals surface area (Å²) in [5.74, 6) is 2.49. The summed E-state index contributed by atoms with van der Waals surface area (Å²) < 4.78 is 10.3. The molecule has 5 nitrogen and oxygen atoms in total. The van der Waals surface area contributed by atoms with Gasteiger partial charge in [0.25, 0.3) is 0 Å². The molecule has 2 aromatic rings. The highest BCUT2D eigenvalue weighted by molar-refractivity contribution is 9.08. The molecule has 2 atom stereocenters. The maximum atomic E-state index is 13.8. The number of hydrogen-bond donors (Lipinski definition) is 1. The average molecular weight is 572 g/mol. The number of nitrogens with zero attached hydrogens (tertiary/aromatic N) is 2. The molecule has 3 rings (SSSR count). The van der Waals surface area contributed by atoms with Gasteiger partial charge in [0.2, 0.25) is 0 Å². The van der Waals surface area contributed by atoms with Gasteiger partial charge in [0.15, 0.2) is 5.78 Å². The van der Waals surface area contributed by atoms with Gasteiger partial charge in [0.05, 0.1) is 29.3 Å². The van der Waals surface area contributed by atoms with Gasteiger partial charge in [0.1, 0.15) is 17.3 Å². The van der Waals surface area contributed by atoms with Crippen molar-refractivity contribution in [1.29, 1.82) is 0 Å². The monoisotopic (exact) mass is 570 g/mol. The second-order valence-corrected chi connectivity index (χ2v) is 12.6. The van der Waals surface area contributed by atoms with Crippen LogP contribution >= 0.6 is 16.1 Å². The Kier molecular flexibility index (Phi) is 9.15. The Labute approximate surface area is 231 Å². The minimum atomic E-state index is -0.292. The van der Waals surface area contributed by atoms with Crippen LogP contribution in [-0.4, -0.2) is 41.3 Å². The van der Waals surface area contributed by atoms with Crippen LogP contribution in [0.1, 0.15) is 101 Å². The van der Waals surface area contributed by atoms with Gasteiger partial charge in [0, 0.05) is 29.2 Å². The summed E-state index contributed by atoms with van der Waals surface area (Å²) in [7, 11) is 0. The fraction of sp³-hybridized carbons (Fsp3) is 0.548. The van der Waals surface area contributed by atoms with Gasteiger partial charge in [-0.15, -0.1) is 0 Å². The topological polar surface area (TPSA) is 62.1 Å². The molecule has 0 aromatic heterocycles. The fourth-order valence-electron chi connectivity index (χ4n) is 5.36. The van der Waals surface area contributed by atoms with Crippen molar-refractivity contribution in [1.82, 2.24) is 4.90 Å². The number of benzene rings is 2. The van der Waals surface area contributed by atoms with Crippen molar-refractivity contribution in [3.8, 4) is 11.5 Å². The zero-order valence-electron chi connectivity index (χ0n) is 23.7. The first-order valence-corrected chi connectivity index (χ1v) is 14.1. The standard InChI is InChI=1S/C31H43BrN2O3/c1-9-12-21-18-34(29(33-32)27(21)20-13-11-14-23(15-20)37-10-2)19-26(35)22-16-24(30(3,4)5)28(36)25(17-22)31(6,7)8/h11,13-17,21,27,36H,9-10,12,18-19H2,1-8H3/b33-29-/t21-,27+/m0/s1. The molecule has 6 heteroatoms. The number of ketones is 1. The molecule has 1 fully saturated rings. The molecule has 1 heterocycles. The number of hydrogen-bond acceptors (Lipinski definition) is 4. The molecule has 202 valence electrons. The number of halogens is 1. The second kappa shape index (κ2) is 11.6. The number of ether oxygens (including phenoxy) is 1. The zero-order valence-corrected chi connectivity index (χ0v) is 25.3. The summed E-state index contributed by atoms with van der Waals surface area (Å²) in [5.41, 5.74) is 2.81. The minimum Gasteiger partial charge on any atom is -0.507 e. The maximum absolute atomic E-state index is 13.8. The number of phenolic OH excluding ortho intramolecular Hbond substituents is 1. The quantitative estimate of drug-likeness (QED) is 0.329. The third-order valence-corrected chi connectivity index (χ3v) is 7.55. The van der Waals surface area contributed by atoms with E-state index < -0.39 is 0 Å². The maximum Gasteiger partial charge on any atom is 0.182 e. The van der Waals surface area contributed by atoms with E-state index in [-0.39, 0.29) is 34.8 Å². The highest BCUT2D eigenvalue weighted by atomic mass is 79.9. The molecular weight excluding hydrogens is 528 g/mol. The number of rotatable bonds is 8. The van der Waals surface area contributed by atoms with Gasteiger partial charge in [-0.3, -0.25) is 4.79 Å². The molecule has 0 unspecified atom stereocenters. The van der Waals surface area contributed by atoms with Gasteiger partial charge in [-0.25, -0.2) is 0 Å². The number of phenols is 1. The minimum absolute atomic E-state index is 0.0311. The molecule has 2 aromatic carbocycles. The van der Waals surface area contributed by atoms with E-state index in [0.717, 1.165) is 47.7 Å². The lowest BCUT2D eigenvalue weighted by Gasteiger charge is -2.28. The van der Waals surface area contributed by atoms with Crippen molar-refractivity contribution >= 4 is 27.8 Å². The molecule has 1 saturated heterocycles. The van der Waals surface area contributed by atoms with E-state index in [0.29, 0.717) is 18.1 Å². The van der Waals surface area contributed by atoms with Crippen molar-refractivity contribution < 1.29 is 14.6 Å². The lowest BCUT2D eigenvalue weighted by molar-refractivity contribution is 0.0963. The summed E-state index contributed by atoms with van der Waals surface area (Å²) in [6.45, 7) is 18.2. The molecule has 0 spiro atoms. The van der Waals surface area contributed by atoms with Crippen LogP contribution in [0.25, 0.3) is 0 Å². The Morgan fingerprint density at radius 1 is 1.08 bits per heavy atom. The molecule has 0 saturated carbocycles. The van der Waals surface area contributed by atoms with Crippen LogP contribution in [0.15, 0.2) is 40.4 Å². The first-order chi connectivity index (χ1) is 17.3. The molecule has 0 radical (unpaired) electrons. The normalized spacial score (nSPS) is 19.5. The number of likely N-dealkylation sites (tertiary alicyclic amines) is 1. The smallest absolute Gasteiger partial charge is 0.182 e. The van der Waals surface area contributed by atoms with Crippen LogP contribution in [-0.2, 0) is 10.8 Å². The third-order valence-electron chi connectivity index (χ3n) is 7.19. The highest BCUT2D eigenvalue weighted by Crippen LogP contribution is 2.41. The van der Waals surface area contributed by atoms with Crippen molar-refractivity contribution in [3.05, 3.63) is 58.7 Å². The van der Waals surface area contributed by atoms with E-state index in [1.54, 1.807) is 0 Å². The summed E-state index contributed by atoms with van der Waals surface area (Å²) >= 11 is 3.38. The van der Waals surface area contributed by atoms with Crippen molar-refractivity contribution in [2.45, 2.75) is 85.0 Å². The molecule has 0 amide bonds. The van der Waals surface area contributed by atoms with Crippen molar-refractivity contribution in [3.63, 3.8) is 0 Å². The predicted octanol–water partition coefficient (Wildman–Crippen LogP) is 7.79. The third kappa shape index (κ3) is 6.57. The van der Waals surface area contributed by atoms with E-state index in [2.05, 4.69) is 85.7 Å². The Balaban J connectivity index is 1.98. The largest absolute Gasteiger partial charge is 0.507 e. The van der Waals surface area contributed by atoms with Crippen LogP contribution in [0.4, 0.5) is 0 Å². The Morgan fingerprint density at radius 3 is 2.22 bits per heavy atom. The van der Waals surface area contributed by atoms with Crippen LogP contribution in [0.3, 0.4) is 0 Å².